The average Bonchev–Trinajstić information content (AvgIpc) is 2.37. The van der Waals surface area contributed by atoms with Crippen LogP contribution in [-0.4, -0.2) is 43.7 Å². The van der Waals surface area contributed by atoms with E-state index in [1.807, 2.05) is 6.92 Å². The number of carbonyl (C=O) groups excluding carboxylic acids is 1. The van der Waals surface area contributed by atoms with Crippen molar-refractivity contribution >= 4 is 5.91 Å². The van der Waals surface area contributed by atoms with Gasteiger partial charge in [-0.15, -0.1) is 0 Å². The summed E-state index contributed by atoms with van der Waals surface area (Å²) in [5, 5.41) is 0. The molecular weight excluding hydrogens is 237 g/mol. The van der Waals surface area contributed by atoms with Crippen LogP contribution in [0.2, 0.25) is 0 Å². The van der Waals surface area contributed by atoms with Gasteiger partial charge in [-0.3, -0.25) is 4.79 Å². The molecule has 0 N–H and O–H groups in total. The summed E-state index contributed by atoms with van der Waals surface area (Å²) in [6, 6.07) is 4.26. The summed E-state index contributed by atoms with van der Waals surface area (Å²) >= 11 is 0. The molecule has 1 amide bonds. The van der Waals surface area contributed by atoms with Gasteiger partial charge in [-0.2, -0.15) is 0 Å². The van der Waals surface area contributed by atoms with Crippen molar-refractivity contribution in [3.05, 3.63) is 29.6 Å². The third kappa shape index (κ3) is 2.61. The fourth-order valence-corrected chi connectivity index (χ4v) is 1.97. The summed E-state index contributed by atoms with van der Waals surface area (Å²) < 4.78 is 24.0. The molecule has 0 bridgehead atoms. The minimum absolute atomic E-state index is 0.0102. The van der Waals surface area contributed by atoms with Gasteiger partial charge in [-0.05, 0) is 19.1 Å². The van der Waals surface area contributed by atoms with Crippen molar-refractivity contribution in [3.8, 4) is 5.75 Å². The highest BCUT2D eigenvalue weighted by Crippen LogP contribution is 2.18. The number of rotatable bonds is 2. The van der Waals surface area contributed by atoms with Gasteiger partial charge < -0.3 is 14.4 Å². The zero-order valence-corrected chi connectivity index (χ0v) is 10.5. The van der Waals surface area contributed by atoms with E-state index in [9.17, 15) is 9.18 Å². The van der Waals surface area contributed by atoms with Crippen molar-refractivity contribution in [2.45, 2.75) is 13.0 Å². The molecule has 2 rings (SSSR count). The highest BCUT2D eigenvalue weighted by Gasteiger charge is 2.24. The molecule has 0 aliphatic carbocycles. The smallest absolute Gasteiger partial charge is 0.257 e. The van der Waals surface area contributed by atoms with E-state index in [-0.39, 0.29) is 17.6 Å². The molecule has 1 aromatic carbocycles. The Bertz CT molecular complexity index is 450. The number of amides is 1. The zero-order chi connectivity index (χ0) is 13.1. The average molecular weight is 253 g/mol. The maximum absolute atomic E-state index is 13.8. The second-order valence-electron chi connectivity index (χ2n) is 4.28. The Kier molecular flexibility index (Phi) is 3.81. The monoisotopic (exact) mass is 253 g/mol. The summed E-state index contributed by atoms with van der Waals surface area (Å²) in [6.07, 6.45) is -0.0102. The van der Waals surface area contributed by atoms with E-state index in [1.54, 1.807) is 11.0 Å². The molecule has 4 nitrogen and oxygen atoms in total. The first-order valence-electron chi connectivity index (χ1n) is 5.86. The third-order valence-corrected chi connectivity index (χ3v) is 2.93. The molecule has 1 unspecified atom stereocenters. The van der Waals surface area contributed by atoms with Gasteiger partial charge in [0.2, 0.25) is 0 Å². The molecule has 0 spiro atoms. The minimum Gasteiger partial charge on any atom is -0.497 e. The van der Waals surface area contributed by atoms with E-state index in [0.29, 0.717) is 25.4 Å². The summed E-state index contributed by atoms with van der Waals surface area (Å²) in [5.41, 5.74) is 0.0740. The maximum Gasteiger partial charge on any atom is 0.257 e. The topological polar surface area (TPSA) is 38.8 Å². The first kappa shape index (κ1) is 12.8. The second-order valence-corrected chi connectivity index (χ2v) is 4.28. The fraction of sp³-hybridized carbons (Fsp3) is 0.462. The van der Waals surface area contributed by atoms with Gasteiger partial charge in [-0.1, -0.05) is 0 Å². The van der Waals surface area contributed by atoms with Crippen molar-refractivity contribution in [1.29, 1.82) is 0 Å². The Hall–Kier alpha value is -1.62. The lowest BCUT2D eigenvalue weighted by Crippen LogP contribution is -2.44. The molecule has 0 aromatic heterocycles. The van der Waals surface area contributed by atoms with Gasteiger partial charge in [0, 0.05) is 19.2 Å². The van der Waals surface area contributed by atoms with Gasteiger partial charge >= 0.3 is 0 Å². The van der Waals surface area contributed by atoms with Crippen LogP contribution in [0, 0.1) is 5.82 Å². The van der Waals surface area contributed by atoms with Crippen LogP contribution in [-0.2, 0) is 4.74 Å². The van der Waals surface area contributed by atoms with Crippen LogP contribution in [0.5, 0.6) is 5.75 Å². The first-order valence-corrected chi connectivity index (χ1v) is 5.86. The number of methoxy groups -OCH3 is 1. The number of nitrogens with zero attached hydrogens (tertiary/aromatic N) is 1. The molecule has 1 heterocycles. The molecule has 5 heteroatoms. The van der Waals surface area contributed by atoms with Gasteiger partial charge in [0.25, 0.3) is 5.91 Å². The van der Waals surface area contributed by atoms with Crippen molar-refractivity contribution < 1.29 is 18.7 Å². The van der Waals surface area contributed by atoms with Crippen LogP contribution >= 0.6 is 0 Å². The van der Waals surface area contributed by atoms with E-state index in [0.717, 1.165) is 0 Å². The molecule has 1 aliphatic heterocycles. The van der Waals surface area contributed by atoms with E-state index < -0.39 is 5.82 Å². The molecule has 18 heavy (non-hydrogen) atoms. The fourth-order valence-electron chi connectivity index (χ4n) is 1.97. The number of halogens is 1. The van der Waals surface area contributed by atoms with Crippen LogP contribution < -0.4 is 4.74 Å². The number of hydrogen-bond donors (Lipinski definition) is 0. The Morgan fingerprint density at radius 2 is 2.33 bits per heavy atom. The summed E-state index contributed by atoms with van der Waals surface area (Å²) in [6.45, 7) is 3.37. The summed E-state index contributed by atoms with van der Waals surface area (Å²) in [7, 11) is 1.46. The van der Waals surface area contributed by atoms with Crippen LogP contribution in [0.3, 0.4) is 0 Å². The number of hydrogen-bond acceptors (Lipinski definition) is 3. The highest BCUT2D eigenvalue weighted by atomic mass is 19.1. The van der Waals surface area contributed by atoms with E-state index in [2.05, 4.69) is 0 Å². The number of carbonyl (C=O) groups is 1. The van der Waals surface area contributed by atoms with Gasteiger partial charge in [0.15, 0.2) is 0 Å². The Labute approximate surface area is 105 Å². The molecule has 0 saturated carbocycles. The van der Waals surface area contributed by atoms with Crippen molar-refractivity contribution in [2.75, 3.05) is 26.8 Å². The van der Waals surface area contributed by atoms with Gasteiger partial charge in [0.05, 0.1) is 25.4 Å². The van der Waals surface area contributed by atoms with Crippen molar-refractivity contribution in [3.63, 3.8) is 0 Å². The van der Waals surface area contributed by atoms with Crippen LogP contribution in [0.4, 0.5) is 4.39 Å². The van der Waals surface area contributed by atoms with E-state index in [4.69, 9.17) is 9.47 Å². The lowest BCUT2D eigenvalue weighted by atomic mass is 10.1. The standard InChI is InChI=1S/C13H16FNO3/c1-9-8-15(5-6-18-9)13(16)11-4-3-10(17-2)7-12(11)14/h3-4,7,9H,5-6,8H2,1-2H3. The summed E-state index contributed by atoms with van der Waals surface area (Å²) in [4.78, 5) is 13.8. The lowest BCUT2D eigenvalue weighted by Gasteiger charge is -2.31. The predicted molar refractivity (Wildman–Crippen MR) is 64.3 cm³/mol. The first-order chi connectivity index (χ1) is 8.61. The highest BCUT2D eigenvalue weighted by molar-refractivity contribution is 5.94. The number of benzene rings is 1. The van der Waals surface area contributed by atoms with Crippen LogP contribution in [0.1, 0.15) is 17.3 Å². The molecule has 98 valence electrons. The molecule has 0 radical (unpaired) electrons. The summed E-state index contributed by atoms with van der Waals surface area (Å²) in [5.74, 6) is -0.455. The molecule has 1 atom stereocenters. The van der Waals surface area contributed by atoms with Crippen molar-refractivity contribution in [2.24, 2.45) is 0 Å². The normalized spacial score (nSPS) is 19.7. The van der Waals surface area contributed by atoms with E-state index in [1.165, 1.54) is 19.2 Å². The maximum atomic E-state index is 13.8. The molecule has 1 aliphatic rings. The Morgan fingerprint density at radius 3 is 2.94 bits per heavy atom. The lowest BCUT2D eigenvalue weighted by molar-refractivity contribution is -0.0125. The minimum atomic E-state index is -0.557. The Morgan fingerprint density at radius 1 is 1.56 bits per heavy atom. The van der Waals surface area contributed by atoms with Crippen LogP contribution in [0.25, 0.3) is 0 Å². The molecule has 1 fully saturated rings. The van der Waals surface area contributed by atoms with Gasteiger partial charge in [-0.25, -0.2) is 4.39 Å². The molecule has 1 saturated heterocycles. The van der Waals surface area contributed by atoms with Crippen molar-refractivity contribution in [1.82, 2.24) is 4.90 Å². The quantitative estimate of drug-likeness (QED) is 0.805. The third-order valence-electron chi connectivity index (χ3n) is 2.93. The van der Waals surface area contributed by atoms with Crippen LogP contribution in [0.15, 0.2) is 18.2 Å². The second kappa shape index (κ2) is 5.35. The zero-order valence-electron chi connectivity index (χ0n) is 10.5. The SMILES string of the molecule is COc1ccc(C(=O)N2CCOC(C)C2)c(F)c1. The number of ether oxygens (including phenoxy) is 2. The molecule has 1 aromatic rings. The molecular formula is C13H16FNO3. The predicted octanol–water partition coefficient (Wildman–Crippen LogP) is 1.70. The largest absolute Gasteiger partial charge is 0.497 e. The van der Waals surface area contributed by atoms with E-state index >= 15 is 0 Å². The Balaban J connectivity index is 2.17. The van der Waals surface area contributed by atoms with Gasteiger partial charge in [0.1, 0.15) is 11.6 Å². The number of morpholine rings is 1.